The minimum atomic E-state index is -0.0355. The predicted octanol–water partition coefficient (Wildman–Crippen LogP) is 6.69. The molecule has 0 unspecified atom stereocenters. The molecule has 148 valence electrons. The van der Waals surface area contributed by atoms with E-state index in [9.17, 15) is 4.79 Å². The number of methoxy groups -OCH3 is 1. The molecule has 0 aliphatic rings. The Kier molecular flexibility index (Phi) is 5.62. The minimum Gasteiger partial charge on any atom is -0.497 e. The van der Waals surface area contributed by atoms with E-state index in [0.717, 1.165) is 17.1 Å². The highest BCUT2D eigenvalue weighted by Gasteiger charge is 2.09. The molecule has 0 aliphatic heterocycles. The number of carbonyl (C=O) groups excluding carboxylic acids is 1. The first-order valence-electron chi connectivity index (χ1n) is 9.76. The summed E-state index contributed by atoms with van der Waals surface area (Å²) in [6.45, 7) is 2.08. The molecule has 4 rings (SSSR count). The lowest BCUT2D eigenvalue weighted by Gasteiger charge is -2.08. The summed E-state index contributed by atoms with van der Waals surface area (Å²) in [5.74, 6) is 2.12. The Hall–Kier alpha value is -3.85. The first kappa shape index (κ1) is 19.5. The van der Waals surface area contributed by atoms with Gasteiger partial charge in [0, 0.05) is 11.1 Å². The van der Waals surface area contributed by atoms with Gasteiger partial charge in [-0.15, -0.1) is 0 Å². The van der Waals surface area contributed by atoms with Gasteiger partial charge in [0.25, 0.3) is 0 Å². The first-order chi connectivity index (χ1) is 14.6. The van der Waals surface area contributed by atoms with Crippen molar-refractivity contribution in [3.05, 3.63) is 114 Å². The molecule has 0 spiro atoms. The number of hydrogen-bond acceptors (Lipinski definition) is 3. The van der Waals surface area contributed by atoms with Crippen LogP contribution in [0.25, 0.3) is 11.1 Å². The van der Waals surface area contributed by atoms with E-state index >= 15 is 0 Å². The summed E-state index contributed by atoms with van der Waals surface area (Å²) in [5.41, 5.74) is 4.79. The van der Waals surface area contributed by atoms with Gasteiger partial charge in [0.15, 0.2) is 5.78 Å². The van der Waals surface area contributed by atoms with Gasteiger partial charge in [0.1, 0.15) is 17.2 Å². The topological polar surface area (TPSA) is 35.5 Å². The Bertz CT molecular complexity index is 1120. The second-order valence-corrected chi connectivity index (χ2v) is 7.07. The number of ether oxygens (including phenoxy) is 2. The van der Waals surface area contributed by atoms with Crippen molar-refractivity contribution in [2.45, 2.75) is 6.92 Å². The van der Waals surface area contributed by atoms with Gasteiger partial charge < -0.3 is 9.47 Å². The fourth-order valence-corrected chi connectivity index (χ4v) is 3.18. The second kappa shape index (κ2) is 8.66. The lowest BCUT2D eigenvalue weighted by Crippen LogP contribution is -2.01. The summed E-state index contributed by atoms with van der Waals surface area (Å²) >= 11 is 0. The van der Waals surface area contributed by atoms with Gasteiger partial charge in [-0.3, -0.25) is 4.79 Å². The molecule has 0 saturated heterocycles. The van der Waals surface area contributed by atoms with Crippen LogP contribution in [0, 0.1) is 6.92 Å². The summed E-state index contributed by atoms with van der Waals surface area (Å²) in [4.78, 5) is 12.6. The zero-order valence-corrected chi connectivity index (χ0v) is 17.0. The molecule has 0 fully saturated rings. The zero-order chi connectivity index (χ0) is 20.9. The van der Waals surface area contributed by atoms with Gasteiger partial charge in [0.05, 0.1) is 7.11 Å². The van der Waals surface area contributed by atoms with Crippen LogP contribution in [0.3, 0.4) is 0 Å². The van der Waals surface area contributed by atoms with E-state index in [1.807, 2.05) is 36.4 Å². The van der Waals surface area contributed by atoms with Crippen LogP contribution >= 0.6 is 0 Å². The quantitative estimate of drug-likeness (QED) is 0.342. The van der Waals surface area contributed by atoms with E-state index in [-0.39, 0.29) is 5.78 Å². The molecule has 0 aliphatic carbocycles. The van der Waals surface area contributed by atoms with E-state index in [1.54, 1.807) is 43.5 Å². The molecular formula is C27H22O3. The minimum absolute atomic E-state index is 0.0355. The lowest BCUT2D eigenvalue weighted by molar-refractivity contribution is 0.103. The third-order valence-electron chi connectivity index (χ3n) is 4.94. The molecule has 4 aromatic carbocycles. The first-order valence-corrected chi connectivity index (χ1v) is 9.76. The summed E-state index contributed by atoms with van der Waals surface area (Å²) < 4.78 is 11.1. The molecular weight excluding hydrogens is 372 g/mol. The third-order valence-corrected chi connectivity index (χ3v) is 4.94. The Morgan fingerprint density at radius 1 is 0.567 bits per heavy atom. The van der Waals surface area contributed by atoms with Crippen LogP contribution in [0.15, 0.2) is 97.1 Å². The van der Waals surface area contributed by atoms with Gasteiger partial charge in [-0.1, -0.05) is 42.0 Å². The average molecular weight is 394 g/mol. The molecule has 4 aromatic rings. The van der Waals surface area contributed by atoms with Crippen LogP contribution in [-0.2, 0) is 0 Å². The maximum absolute atomic E-state index is 12.6. The van der Waals surface area contributed by atoms with Crippen molar-refractivity contribution in [1.82, 2.24) is 0 Å². The highest BCUT2D eigenvalue weighted by atomic mass is 16.5. The second-order valence-electron chi connectivity index (χ2n) is 7.07. The van der Waals surface area contributed by atoms with E-state index < -0.39 is 0 Å². The average Bonchev–Trinajstić information content (AvgIpc) is 2.80. The number of aryl methyl sites for hydroxylation is 1. The molecule has 0 bridgehead atoms. The Morgan fingerprint density at radius 3 is 1.43 bits per heavy atom. The van der Waals surface area contributed by atoms with Crippen LogP contribution in [0.5, 0.6) is 17.2 Å². The van der Waals surface area contributed by atoms with E-state index in [0.29, 0.717) is 16.9 Å². The van der Waals surface area contributed by atoms with Crippen LogP contribution in [0.2, 0.25) is 0 Å². The van der Waals surface area contributed by atoms with Crippen molar-refractivity contribution in [3.8, 4) is 28.4 Å². The highest BCUT2D eigenvalue weighted by Crippen LogP contribution is 2.26. The molecule has 0 aromatic heterocycles. The molecule has 0 N–H and O–H groups in total. The van der Waals surface area contributed by atoms with E-state index in [2.05, 4.69) is 31.2 Å². The Labute approximate surface area is 176 Å². The predicted molar refractivity (Wildman–Crippen MR) is 120 cm³/mol. The standard InChI is InChI=1S/C27H22O3/c1-19-3-5-20(6-4-19)21-7-15-25(16-8-21)30-26-17-11-23(12-18-26)27(28)22-9-13-24(29-2)14-10-22/h3-18H,1-2H3. The molecule has 0 amide bonds. The third kappa shape index (κ3) is 4.41. The van der Waals surface area contributed by atoms with Crippen molar-refractivity contribution in [3.63, 3.8) is 0 Å². The molecule has 0 heterocycles. The van der Waals surface area contributed by atoms with Crippen LogP contribution in [-0.4, -0.2) is 12.9 Å². The van der Waals surface area contributed by atoms with Gasteiger partial charge in [-0.2, -0.15) is 0 Å². The van der Waals surface area contributed by atoms with Gasteiger partial charge in [0.2, 0.25) is 0 Å². The monoisotopic (exact) mass is 394 g/mol. The molecule has 0 radical (unpaired) electrons. The van der Waals surface area contributed by atoms with Gasteiger partial charge in [-0.25, -0.2) is 0 Å². The smallest absolute Gasteiger partial charge is 0.193 e. The number of ketones is 1. The van der Waals surface area contributed by atoms with Crippen molar-refractivity contribution in [2.75, 3.05) is 7.11 Å². The van der Waals surface area contributed by atoms with Crippen molar-refractivity contribution >= 4 is 5.78 Å². The maximum Gasteiger partial charge on any atom is 0.193 e. The molecule has 30 heavy (non-hydrogen) atoms. The van der Waals surface area contributed by atoms with Crippen molar-refractivity contribution in [1.29, 1.82) is 0 Å². The largest absolute Gasteiger partial charge is 0.497 e. The summed E-state index contributed by atoms with van der Waals surface area (Å²) in [6, 6.07) is 30.7. The summed E-state index contributed by atoms with van der Waals surface area (Å²) in [5, 5.41) is 0. The molecule has 3 nitrogen and oxygen atoms in total. The summed E-state index contributed by atoms with van der Waals surface area (Å²) in [7, 11) is 1.60. The fourth-order valence-electron chi connectivity index (χ4n) is 3.18. The zero-order valence-electron chi connectivity index (χ0n) is 17.0. The Balaban J connectivity index is 1.44. The van der Waals surface area contributed by atoms with Crippen LogP contribution in [0.1, 0.15) is 21.5 Å². The number of rotatable bonds is 6. The lowest BCUT2D eigenvalue weighted by atomic mass is 10.0. The molecule has 0 atom stereocenters. The number of carbonyl (C=O) groups is 1. The maximum atomic E-state index is 12.6. The molecule has 3 heteroatoms. The highest BCUT2D eigenvalue weighted by molar-refractivity contribution is 6.09. The van der Waals surface area contributed by atoms with Crippen molar-refractivity contribution < 1.29 is 14.3 Å². The van der Waals surface area contributed by atoms with E-state index in [1.165, 1.54) is 11.1 Å². The van der Waals surface area contributed by atoms with Crippen LogP contribution < -0.4 is 9.47 Å². The normalized spacial score (nSPS) is 10.5. The molecule has 0 saturated carbocycles. The van der Waals surface area contributed by atoms with Crippen molar-refractivity contribution in [2.24, 2.45) is 0 Å². The van der Waals surface area contributed by atoms with Gasteiger partial charge in [-0.05, 0) is 78.7 Å². The number of hydrogen-bond donors (Lipinski definition) is 0. The fraction of sp³-hybridized carbons (Fsp3) is 0.0741. The number of benzene rings is 4. The summed E-state index contributed by atoms with van der Waals surface area (Å²) in [6.07, 6.45) is 0. The SMILES string of the molecule is COc1ccc(C(=O)c2ccc(Oc3ccc(-c4ccc(C)cc4)cc3)cc2)cc1. The van der Waals surface area contributed by atoms with Gasteiger partial charge >= 0.3 is 0 Å². The van der Waals surface area contributed by atoms with Crippen LogP contribution in [0.4, 0.5) is 0 Å². The van der Waals surface area contributed by atoms with E-state index in [4.69, 9.17) is 9.47 Å². The Morgan fingerprint density at radius 2 is 0.967 bits per heavy atom.